The number of hydrogen-bond donors (Lipinski definition) is 1. The van der Waals surface area contributed by atoms with Crippen molar-refractivity contribution in [3.05, 3.63) is 35.6 Å². The van der Waals surface area contributed by atoms with E-state index in [9.17, 15) is 9.59 Å². The van der Waals surface area contributed by atoms with Gasteiger partial charge in [0.2, 0.25) is 11.7 Å². The van der Waals surface area contributed by atoms with Crippen LogP contribution in [0.2, 0.25) is 0 Å². The van der Waals surface area contributed by atoms with Crippen molar-refractivity contribution < 1.29 is 19.2 Å². The Labute approximate surface area is 114 Å². The van der Waals surface area contributed by atoms with Gasteiger partial charge in [0.1, 0.15) is 5.69 Å². The summed E-state index contributed by atoms with van der Waals surface area (Å²) in [4.78, 5) is 24.0. The highest BCUT2D eigenvalue weighted by molar-refractivity contribution is 5.94. The van der Waals surface area contributed by atoms with Crippen LogP contribution in [0.1, 0.15) is 23.0 Å². The molecule has 0 unspecified atom stereocenters. The summed E-state index contributed by atoms with van der Waals surface area (Å²) < 4.78 is 4.75. The summed E-state index contributed by atoms with van der Waals surface area (Å²) in [6.45, 7) is 2.22. The minimum atomic E-state index is -1.15. The molecule has 3 rings (SSSR count). The van der Waals surface area contributed by atoms with Gasteiger partial charge in [-0.25, -0.2) is 4.79 Å². The molecule has 1 aromatic carbocycles. The van der Waals surface area contributed by atoms with Crippen LogP contribution in [0.25, 0.3) is 11.3 Å². The van der Waals surface area contributed by atoms with Crippen LogP contribution in [0.4, 0.5) is 5.69 Å². The van der Waals surface area contributed by atoms with E-state index >= 15 is 0 Å². The number of carbonyl (C=O) groups is 2. The third-order valence-electron chi connectivity index (χ3n) is 3.37. The molecule has 0 fully saturated rings. The van der Waals surface area contributed by atoms with Crippen molar-refractivity contribution in [2.45, 2.75) is 13.3 Å². The van der Waals surface area contributed by atoms with Crippen molar-refractivity contribution in [3.63, 3.8) is 0 Å². The SMILES string of the molecule is CC(=O)N1CCc2cc(-c3cc(C(=O)O)on3)ccc21. The molecule has 0 radical (unpaired) electrons. The van der Waals surface area contributed by atoms with Crippen molar-refractivity contribution in [1.82, 2.24) is 5.16 Å². The normalized spacial score (nSPS) is 13.3. The second-order valence-electron chi connectivity index (χ2n) is 4.65. The molecule has 0 aliphatic carbocycles. The lowest BCUT2D eigenvalue weighted by Crippen LogP contribution is -2.25. The predicted octanol–water partition coefficient (Wildman–Crippen LogP) is 1.95. The number of benzene rings is 1. The van der Waals surface area contributed by atoms with Gasteiger partial charge in [0.25, 0.3) is 0 Å². The van der Waals surface area contributed by atoms with Gasteiger partial charge in [0.05, 0.1) is 0 Å². The molecule has 6 nitrogen and oxygen atoms in total. The van der Waals surface area contributed by atoms with E-state index in [1.165, 1.54) is 6.07 Å². The van der Waals surface area contributed by atoms with Crippen molar-refractivity contribution >= 4 is 17.6 Å². The number of hydrogen-bond acceptors (Lipinski definition) is 4. The molecule has 20 heavy (non-hydrogen) atoms. The summed E-state index contributed by atoms with van der Waals surface area (Å²) in [5.41, 5.74) is 3.22. The van der Waals surface area contributed by atoms with Crippen LogP contribution < -0.4 is 4.90 Å². The lowest BCUT2D eigenvalue weighted by atomic mass is 10.1. The van der Waals surface area contributed by atoms with Crippen LogP contribution in [0, 0.1) is 0 Å². The van der Waals surface area contributed by atoms with Gasteiger partial charge in [-0.15, -0.1) is 0 Å². The average Bonchev–Trinajstić information content (AvgIpc) is 3.04. The quantitative estimate of drug-likeness (QED) is 0.903. The fourth-order valence-corrected chi connectivity index (χ4v) is 2.40. The summed E-state index contributed by atoms with van der Waals surface area (Å²) in [6.07, 6.45) is 0.784. The molecule has 0 bridgehead atoms. The molecule has 1 aromatic heterocycles. The average molecular weight is 272 g/mol. The largest absolute Gasteiger partial charge is 0.475 e. The predicted molar refractivity (Wildman–Crippen MR) is 70.6 cm³/mol. The molecular formula is C14H12N2O4. The molecule has 2 aromatic rings. The summed E-state index contributed by atoms with van der Waals surface area (Å²) in [5, 5.41) is 12.6. The Hall–Kier alpha value is -2.63. The Kier molecular flexibility index (Phi) is 2.78. The lowest BCUT2D eigenvalue weighted by molar-refractivity contribution is -0.116. The molecule has 2 heterocycles. The third kappa shape index (κ3) is 1.95. The van der Waals surface area contributed by atoms with E-state index in [-0.39, 0.29) is 11.7 Å². The zero-order valence-electron chi connectivity index (χ0n) is 10.8. The van der Waals surface area contributed by atoms with E-state index in [1.54, 1.807) is 11.8 Å². The standard InChI is InChI=1S/C14H12N2O4/c1-8(17)16-5-4-10-6-9(2-3-12(10)16)11-7-13(14(18)19)20-15-11/h2-3,6-7H,4-5H2,1H3,(H,18,19). The highest BCUT2D eigenvalue weighted by atomic mass is 16.5. The molecule has 1 aliphatic rings. The maximum absolute atomic E-state index is 11.5. The van der Waals surface area contributed by atoms with Crippen molar-refractivity contribution in [2.24, 2.45) is 0 Å². The minimum Gasteiger partial charge on any atom is -0.475 e. The number of nitrogens with zero attached hydrogens (tertiary/aromatic N) is 2. The summed E-state index contributed by atoms with van der Waals surface area (Å²) in [5.74, 6) is -1.32. The van der Waals surface area contributed by atoms with E-state index in [0.717, 1.165) is 23.2 Å². The van der Waals surface area contributed by atoms with Gasteiger partial charge in [-0.2, -0.15) is 0 Å². The number of aromatic carboxylic acids is 1. The molecular weight excluding hydrogens is 260 g/mol. The molecule has 1 aliphatic heterocycles. The van der Waals surface area contributed by atoms with E-state index in [0.29, 0.717) is 12.2 Å². The Morgan fingerprint density at radius 3 is 2.80 bits per heavy atom. The van der Waals surface area contributed by atoms with Crippen molar-refractivity contribution in [1.29, 1.82) is 0 Å². The molecule has 6 heteroatoms. The van der Waals surface area contributed by atoms with Crippen molar-refractivity contribution in [3.8, 4) is 11.3 Å². The van der Waals surface area contributed by atoms with Crippen LogP contribution in [0.3, 0.4) is 0 Å². The highest BCUT2D eigenvalue weighted by Crippen LogP contribution is 2.32. The molecule has 1 N–H and O–H groups in total. The van der Waals surface area contributed by atoms with Gasteiger partial charge in [0, 0.05) is 30.8 Å². The maximum Gasteiger partial charge on any atom is 0.374 e. The van der Waals surface area contributed by atoms with Crippen LogP contribution in [-0.4, -0.2) is 28.7 Å². The number of carbonyl (C=O) groups excluding carboxylic acids is 1. The second-order valence-corrected chi connectivity index (χ2v) is 4.65. The summed E-state index contributed by atoms with van der Waals surface area (Å²) in [6, 6.07) is 6.97. The minimum absolute atomic E-state index is 0.0195. The monoisotopic (exact) mass is 272 g/mol. The van der Waals surface area contributed by atoms with Gasteiger partial charge >= 0.3 is 5.97 Å². The number of carboxylic acid groups (broad SMARTS) is 1. The Morgan fingerprint density at radius 1 is 1.35 bits per heavy atom. The molecule has 102 valence electrons. The first kappa shape index (κ1) is 12.4. The van der Waals surface area contributed by atoms with Gasteiger partial charge in [-0.3, -0.25) is 4.79 Å². The first-order valence-corrected chi connectivity index (χ1v) is 6.17. The number of fused-ring (bicyclic) bond motifs is 1. The molecule has 0 saturated carbocycles. The number of aromatic nitrogens is 1. The molecule has 0 saturated heterocycles. The second kappa shape index (κ2) is 4.48. The smallest absolute Gasteiger partial charge is 0.374 e. The zero-order chi connectivity index (χ0) is 14.3. The molecule has 0 atom stereocenters. The van der Waals surface area contributed by atoms with Gasteiger partial charge < -0.3 is 14.5 Å². The number of amides is 1. The third-order valence-corrected chi connectivity index (χ3v) is 3.37. The number of carboxylic acids is 1. The van der Waals surface area contributed by atoms with Gasteiger partial charge in [0.15, 0.2) is 0 Å². The molecule has 1 amide bonds. The van der Waals surface area contributed by atoms with Crippen LogP contribution >= 0.6 is 0 Å². The van der Waals surface area contributed by atoms with Gasteiger partial charge in [-0.05, 0) is 24.1 Å². The number of rotatable bonds is 2. The fraction of sp³-hybridized carbons (Fsp3) is 0.214. The van der Waals surface area contributed by atoms with E-state index in [1.807, 2.05) is 18.2 Å². The maximum atomic E-state index is 11.5. The van der Waals surface area contributed by atoms with Crippen molar-refractivity contribution in [2.75, 3.05) is 11.4 Å². The van der Waals surface area contributed by atoms with E-state index in [4.69, 9.17) is 9.63 Å². The summed E-state index contributed by atoms with van der Waals surface area (Å²) in [7, 11) is 0. The topological polar surface area (TPSA) is 83.6 Å². The van der Waals surface area contributed by atoms with Crippen LogP contribution in [0.15, 0.2) is 28.8 Å². The Morgan fingerprint density at radius 2 is 2.15 bits per heavy atom. The first-order chi connectivity index (χ1) is 9.56. The van der Waals surface area contributed by atoms with Crippen LogP contribution in [0.5, 0.6) is 0 Å². The number of anilines is 1. The van der Waals surface area contributed by atoms with Gasteiger partial charge in [-0.1, -0.05) is 11.2 Å². The Bertz CT molecular complexity index is 705. The Balaban J connectivity index is 1.97. The zero-order valence-corrected chi connectivity index (χ0v) is 10.8. The highest BCUT2D eigenvalue weighted by Gasteiger charge is 2.23. The molecule has 0 spiro atoms. The van der Waals surface area contributed by atoms with E-state index < -0.39 is 5.97 Å². The lowest BCUT2D eigenvalue weighted by Gasteiger charge is -2.14. The van der Waals surface area contributed by atoms with Crippen LogP contribution in [-0.2, 0) is 11.2 Å². The fourth-order valence-electron chi connectivity index (χ4n) is 2.40. The first-order valence-electron chi connectivity index (χ1n) is 6.17. The summed E-state index contributed by atoms with van der Waals surface area (Å²) >= 11 is 0. The van der Waals surface area contributed by atoms with E-state index in [2.05, 4.69) is 5.16 Å².